The molecule has 0 saturated heterocycles. The molecule has 0 saturated carbocycles. The summed E-state index contributed by atoms with van der Waals surface area (Å²) in [5, 5.41) is 9.99. The minimum absolute atomic E-state index is 0.00776. The molecule has 3 aromatic heterocycles. The van der Waals surface area contributed by atoms with E-state index < -0.39 is 5.82 Å². The topological polar surface area (TPSA) is 141 Å². The Morgan fingerprint density at radius 3 is 2.63 bits per heavy atom. The fourth-order valence-electron chi connectivity index (χ4n) is 2.61. The van der Waals surface area contributed by atoms with Crippen molar-refractivity contribution >= 4 is 23.4 Å². The second kappa shape index (κ2) is 7.44. The summed E-state index contributed by atoms with van der Waals surface area (Å²) >= 11 is 0. The van der Waals surface area contributed by atoms with Gasteiger partial charge in [0.15, 0.2) is 0 Å². The Balaban J connectivity index is 1.95. The number of H-pyrrole nitrogens is 1. The molecule has 0 fully saturated rings. The van der Waals surface area contributed by atoms with E-state index in [0.29, 0.717) is 28.8 Å². The van der Waals surface area contributed by atoms with Gasteiger partial charge in [-0.25, -0.2) is 4.39 Å². The first kappa shape index (κ1) is 18.4. The highest BCUT2D eigenvalue weighted by Crippen LogP contribution is 2.34. The number of nitrogens with zero attached hydrogens (tertiary/aromatic N) is 4. The van der Waals surface area contributed by atoms with Crippen LogP contribution < -0.4 is 21.5 Å². The number of aromatic amines is 1. The number of nitrogen functional groups attached to an aromatic ring is 2. The molecule has 0 amide bonds. The average molecular weight is 372 g/mol. The Labute approximate surface area is 155 Å². The lowest BCUT2D eigenvalue weighted by atomic mass is 9.97. The molecule has 10 heteroatoms. The van der Waals surface area contributed by atoms with Crippen molar-refractivity contribution in [3.63, 3.8) is 0 Å². The monoisotopic (exact) mass is 372 g/mol. The van der Waals surface area contributed by atoms with Gasteiger partial charge in [-0.05, 0) is 26.0 Å². The van der Waals surface area contributed by atoms with Crippen molar-refractivity contribution in [3.8, 4) is 5.88 Å². The Bertz CT molecular complexity index is 925. The third kappa shape index (κ3) is 4.22. The molecule has 0 aliphatic carbocycles. The van der Waals surface area contributed by atoms with Crippen LogP contribution >= 0.6 is 0 Å². The number of anilines is 4. The molecule has 0 bridgehead atoms. The molecule has 1 unspecified atom stereocenters. The van der Waals surface area contributed by atoms with Gasteiger partial charge in [-0.3, -0.25) is 10.1 Å². The summed E-state index contributed by atoms with van der Waals surface area (Å²) in [5.41, 5.74) is 13.1. The number of hydrogen-bond donors (Lipinski definition) is 4. The molecular formula is C17H21FN8O. The van der Waals surface area contributed by atoms with Gasteiger partial charge >= 0.3 is 0 Å². The minimum Gasteiger partial charge on any atom is -0.474 e. The molecule has 0 aliphatic rings. The third-order valence-electron chi connectivity index (χ3n) is 3.78. The highest BCUT2D eigenvalue weighted by Gasteiger charge is 2.21. The Morgan fingerprint density at radius 2 is 1.96 bits per heavy atom. The highest BCUT2D eigenvalue weighted by molar-refractivity contribution is 5.66. The van der Waals surface area contributed by atoms with Crippen molar-refractivity contribution < 1.29 is 9.13 Å². The van der Waals surface area contributed by atoms with E-state index in [-0.39, 0.29) is 23.8 Å². The van der Waals surface area contributed by atoms with Crippen LogP contribution in [0.3, 0.4) is 0 Å². The van der Waals surface area contributed by atoms with E-state index >= 15 is 0 Å². The van der Waals surface area contributed by atoms with Crippen molar-refractivity contribution in [2.45, 2.75) is 32.8 Å². The molecule has 9 nitrogen and oxygen atoms in total. The normalized spacial score (nSPS) is 12.2. The standard InChI is InChI=1S/C17H21FN8O/c1-8(2)27-13-6-12(25-26-13)22-16-14(15(19)23-17(20)24-16)9(3)11-5-4-10(18)7-21-11/h4-9H,1-3H3,(H6,19,20,22,23,24,25,26). The first-order chi connectivity index (χ1) is 12.8. The van der Waals surface area contributed by atoms with E-state index in [0.717, 1.165) is 6.20 Å². The predicted octanol–water partition coefficient (Wildman–Crippen LogP) is 2.58. The molecule has 0 aliphatic heterocycles. The molecule has 3 rings (SSSR count). The van der Waals surface area contributed by atoms with Crippen molar-refractivity contribution in [2.75, 3.05) is 16.8 Å². The number of rotatable bonds is 6. The number of nitrogens with two attached hydrogens (primary N) is 2. The molecular weight excluding hydrogens is 351 g/mol. The lowest BCUT2D eigenvalue weighted by molar-refractivity contribution is 0.232. The quantitative estimate of drug-likeness (QED) is 0.517. The Morgan fingerprint density at radius 1 is 1.19 bits per heavy atom. The zero-order chi connectivity index (χ0) is 19.6. The van der Waals surface area contributed by atoms with Crippen LogP contribution in [0.25, 0.3) is 0 Å². The van der Waals surface area contributed by atoms with Crippen LogP contribution in [0.15, 0.2) is 24.4 Å². The molecule has 142 valence electrons. The zero-order valence-corrected chi connectivity index (χ0v) is 15.2. The van der Waals surface area contributed by atoms with Gasteiger partial charge in [-0.2, -0.15) is 9.97 Å². The summed E-state index contributed by atoms with van der Waals surface area (Å²) in [7, 11) is 0. The van der Waals surface area contributed by atoms with Gasteiger partial charge in [0.25, 0.3) is 0 Å². The van der Waals surface area contributed by atoms with Crippen molar-refractivity contribution in [1.29, 1.82) is 0 Å². The van der Waals surface area contributed by atoms with Gasteiger partial charge in [0.2, 0.25) is 11.8 Å². The van der Waals surface area contributed by atoms with E-state index in [1.54, 1.807) is 12.1 Å². The van der Waals surface area contributed by atoms with Crippen LogP contribution in [0.1, 0.15) is 37.9 Å². The second-order valence-electron chi connectivity index (χ2n) is 6.26. The lowest BCUT2D eigenvalue weighted by Crippen LogP contribution is -2.12. The van der Waals surface area contributed by atoms with E-state index in [9.17, 15) is 4.39 Å². The zero-order valence-electron chi connectivity index (χ0n) is 15.2. The van der Waals surface area contributed by atoms with E-state index in [1.165, 1.54) is 6.07 Å². The van der Waals surface area contributed by atoms with Gasteiger partial charge in [0.05, 0.1) is 12.3 Å². The smallest absolute Gasteiger partial charge is 0.234 e. The van der Waals surface area contributed by atoms with Gasteiger partial charge in [0, 0.05) is 23.2 Å². The molecule has 3 heterocycles. The summed E-state index contributed by atoms with van der Waals surface area (Å²) in [6, 6.07) is 4.62. The van der Waals surface area contributed by atoms with Gasteiger partial charge in [-0.1, -0.05) is 6.92 Å². The number of aromatic nitrogens is 5. The molecule has 0 spiro atoms. The molecule has 27 heavy (non-hydrogen) atoms. The summed E-state index contributed by atoms with van der Waals surface area (Å²) in [5.74, 6) is 0.904. The summed E-state index contributed by atoms with van der Waals surface area (Å²) in [6.45, 7) is 5.68. The molecule has 0 aromatic carbocycles. The van der Waals surface area contributed by atoms with Crippen LogP contribution in [0.4, 0.5) is 27.8 Å². The van der Waals surface area contributed by atoms with E-state index in [2.05, 4.69) is 30.5 Å². The van der Waals surface area contributed by atoms with Crippen LogP contribution in [0, 0.1) is 5.82 Å². The van der Waals surface area contributed by atoms with Crippen LogP contribution in [0.2, 0.25) is 0 Å². The van der Waals surface area contributed by atoms with Crippen molar-refractivity contribution in [3.05, 3.63) is 41.5 Å². The van der Waals surface area contributed by atoms with Gasteiger partial charge < -0.3 is 21.5 Å². The van der Waals surface area contributed by atoms with E-state index in [1.807, 2.05) is 20.8 Å². The Hall–Kier alpha value is -3.43. The number of halogens is 1. The summed E-state index contributed by atoms with van der Waals surface area (Å²) < 4.78 is 18.7. The van der Waals surface area contributed by atoms with Gasteiger partial charge in [-0.15, -0.1) is 5.10 Å². The molecule has 0 radical (unpaired) electrons. The minimum atomic E-state index is -0.416. The first-order valence-corrected chi connectivity index (χ1v) is 8.37. The Kier molecular flexibility index (Phi) is 5.06. The molecule has 3 aromatic rings. The maximum Gasteiger partial charge on any atom is 0.234 e. The number of pyridine rings is 1. The van der Waals surface area contributed by atoms with Crippen LogP contribution in [-0.4, -0.2) is 31.3 Å². The number of ether oxygens (including phenoxy) is 1. The first-order valence-electron chi connectivity index (χ1n) is 8.37. The predicted molar refractivity (Wildman–Crippen MR) is 100 cm³/mol. The van der Waals surface area contributed by atoms with Crippen molar-refractivity contribution in [2.24, 2.45) is 0 Å². The maximum atomic E-state index is 13.2. The summed E-state index contributed by atoms with van der Waals surface area (Å²) in [4.78, 5) is 12.4. The molecule has 1 atom stereocenters. The fourth-order valence-corrected chi connectivity index (χ4v) is 2.61. The third-order valence-corrected chi connectivity index (χ3v) is 3.78. The maximum absolute atomic E-state index is 13.2. The van der Waals surface area contributed by atoms with E-state index in [4.69, 9.17) is 16.2 Å². The SMILES string of the molecule is CC(C)Oc1cc(Nc2nc(N)nc(N)c2C(C)c2ccc(F)cn2)[nH]n1. The largest absolute Gasteiger partial charge is 0.474 e. The van der Waals surface area contributed by atoms with Crippen molar-refractivity contribution in [1.82, 2.24) is 25.1 Å². The average Bonchev–Trinajstić information content (AvgIpc) is 3.00. The summed E-state index contributed by atoms with van der Waals surface area (Å²) in [6.07, 6.45) is 1.14. The second-order valence-corrected chi connectivity index (χ2v) is 6.26. The molecule has 6 N–H and O–H groups in total. The highest BCUT2D eigenvalue weighted by atomic mass is 19.1. The fraction of sp³-hybridized carbons (Fsp3) is 0.294. The van der Waals surface area contributed by atoms with Crippen LogP contribution in [-0.2, 0) is 0 Å². The van der Waals surface area contributed by atoms with Crippen LogP contribution in [0.5, 0.6) is 5.88 Å². The lowest BCUT2D eigenvalue weighted by Gasteiger charge is -2.18. The number of nitrogens with one attached hydrogen (secondary N) is 2. The number of hydrogen-bond acceptors (Lipinski definition) is 8. The van der Waals surface area contributed by atoms with Gasteiger partial charge in [0.1, 0.15) is 23.3 Å².